The molecule has 0 bridgehead atoms. The maximum Gasteiger partial charge on any atom is 0.123 e. The molecule has 1 aromatic carbocycles. The van der Waals surface area contributed by atoms with Crippen LogP contribution in [-0.2, 0) is 0 Å². The third kappa shape index (κ3) is 2.04. The molecular weight excluding hydrogens is 184 g/mol. The van der Waals surface area contributed by atoms with E-state index in [4.69, 9.17) is 16.3 Å². The number of rotatable bonds is 2. The average molecular weight is 197 g/mol. The van der Waals surface area contributed by atoms with Crippen molar-refractivity contribution in [1.29, 1.82) is 0 Å². The van der Waals surface area contributed by atoms with Gasteiger partial charge in [-0.05, 0) is 31.5 Å². The first-order valence-corrected chi connectivity index (χ1v) is 4.54. The van der Waals surface area contributed by atoms with Crippen LogP contribution in [-0.4, -0.2) is 7.11 Å². The predicted molar refractivity (Wildman–Crippen MR) is 57.4 cm³/mol. The maximum absolute atomic E-state index is 6.12. The largest absolute Gasteiger partial charge is 0.496 e. The zero-order valence-electron chi connectivity index (χ0n) is 8.10. The van der Waals surface area contributed by atoms with Gasteiger partial charge in [-0.15, -0.1) is 0 Å². The van der Waals surface area contributed by atoms with Crippen molar-refractivity contribution in [2.75, 3.05) is 7.11 Å². The Morgan fingerprint density at radius 2 is 2.08 bits per heavy atom. The lowest BCUT2D eigenvalue weighted by Crippen LogP contribution is -1.89. The highest BCUT2D eigenvalue weighted by molar-refractivity contribution is 6.33. The molecule has 0 aliphatic carbocycles. The minimum atomic E-state index is 0.762. The van der Waals surface area contributed by atoms with Gasteiger partial charge in [0.1, 0.15) is 5.75 Å². The molecule has 0 atom stereocenters. The lowest BCUT2D eigenvalue weighted by atomic mass is 10.1. The SMILES string of the molecule is C/C=C/c1ccc(OC)c(C)c1Cl. The Hall–Kier alpha value is -0.950. The summed E-state index contributed by atoms with van der Waals surface area (Å²) >= 11 is 6.12. The van der Waals surface area contributed by atoms with Crippen LogP contribution in [0.5, 0.6) is 5.75 Å². The minimum absolute atomic E-state index is 0.762. The molecule has 70 valence electrons. The maximum atomic E-state index is 6.12. The fourth-order valence-electron chi connectivity index (χ4n) is 1.22. The van der Waals surface area contributed by atoms with Crippen LogP contribution in [0.15, 0.2) is 18.2 Å². The number of methoxy groups -OCH3 is 1. The monoisotopic (exact) mass is 196 g/mol. The van der Waals surface area contributed by atoms with Crippen molar-refractivity contribution >= 4 is 17.7 Å². The van der Waals surface area contributed by atoms with Gasteiger partial charge >= 0.3 is 0 Å². The summed E-state index contributed by atoms with van der Waals surface area (Å²) in [6, 6.07) is 3.88. The van der Waals surface area contributed by atoms with Crippen molar-refractivity contribution < 1.29 is 4.74 Å². The Labute approximate surface area is 84.0 Å². The standard InChI is InChI=1S/C11H13ClO/c1-4-5-9-6-7-10(13-3)8(2)11(9)12/h4-7H,1-3H3/b5-4+. The summed E-state index contributed by atoms with van der Waals surface area (Å²) in [5, 5.41) is 0.762. The van der Waals surface area contributed by atoms with E-state index in [1.165, 1.54) is 0 Å². The quantitative estimate of drug-likeness (QED) is 0.701. The molecule has 0 saturated heterocycles. The smallest absolute Gasteiger partial charge is 0.123 e. The van der Waals surface area contributed by atoms with Crippen LogP contribution in [0.2, 0.25) is 5.02 Å². The number of allylic oxidation sites excluding steroid dienone is 1. The van der Waals surface area contributed by atoms with E-state index in [0.29, 0.717) is 0 Å². The topological polar surface area (TPSA) is 9.23 Å². The third-order valence-electron chi connectivity index (χ3n) is 1.93. The van der Waals surface area contributed by atoms with E-state index in [1.807, 2.05) is 38.1 Å². The fourth-order valence-corrected chi connectivity index (χ4v) is 1.44. The van der Waals surface area contributed by atoms with E-state index < -0.39 is 0 Å². The Bertz CT molecular complexity index is 329. The van der Waals surface area contributed by atoms with Crippen LogP contribution in [0.1, 0.15) is 18.1 Å². The van der Waals surface area contributed by atoms with Crippen LogP contribution < -0.4 is 4.74 Å². The Morgan fingerprint density at radius 3 is 2.62 bits per heavy atom. The predicted octanol–water partition coefficient (Wildman–Crippen LogP) is 3.69. The summed E-state index contributed by atoms with van der Waals surface area (Å²) in [5.41, 5.74) is 2.02. The van der Waals surface area contributed by atoms with Crippen molar-refractivity contribution in [3.63, 3.8) is 0 Å². The summed E-state index contributed by atoms with van der Waals surface area (Å²) in [4.78, 5) is 0. The second-order valence-corrected chi connectivity index (χ2v) is 3.17. The Kier molecular flexibility index (Phi) is 3.38. The summed E-state index contributed by atoms with van der Waals surface area (Å²) in [6.07, 6.45) is 3.95. The lowest BCUT2D eigenvalue weighted by Gasteiger charge is -2.08. The van der Waals surface area contributed by atoms with E-state index in [0.717, 1.165) is 21.9 Å². The van der Waals surface area contributed by atoms with Gasteiger partial charge in [-0.1, -0.05) is 23.8 Å². The van der Waals surface area contributed by atoms with Gasteiger partial charge in [-0.2, -0.15) is 0 Å². The van der Waals surface area contributed by atoms with Crippen molar-refractivity contribution in [3.8, 4) is 5.75 Å². The molecule has 13 heavy (non-hydrogen) atoms. The molecule has 0 spiro atoms. The van der Waals surface area contributed by atoms with Gasteiger partial charge in [-0.3, -0.25) is 0 Å². The zero-order valence-corrected chi connectivity index (χ0v) is 8.85. The second kappa shape index (κ2) is 4.33. The van der Waals surface area contributed by atoms with E-state index in [1.54, 1.807) is 7.11 Å². The Balaban J connectivity index is 3.22. The lowest BCUT2D eigenvalue weighted by molar-refractivity contribution is 0.411. The molecule has 0 N–H and O–H groups in total. The van der Waals surface area contributed by atoms with Crippen molar-refractivity contribution in [2.45, 2.75) is 13.8 Å². The van der Waals surface area contributed by atoms with Gasteiger partial charge < -0.3 is 4.74 Å². The van der Waals surface area contributed by atoms with E-state index in [9.17, 15) is 0 Å². The average Bonchev–Trinajstić information content (AvgIpc) is 2.14. The van der Waals surface area contributed by atoms with Crippen molar-refractivity contribution in [2.24, 2.45) is 0 Å². The van der Waals surface area contributed by atoms with Crippen LogP contribution in [0.4, 0.5) is 0 Å². The van der Waals surface area contributed by atoms with Gasteiger partial charge in [-0.25, -0.2) is 0 Å². The number of ether oxygens (including phenoxy) is 1. The van der Waals surface area contributed by atoms with Crippen LogP contribution in [0.25, 0.3) is 6.08 Å². The second-order valence-electron chi connectivity index (χ2n) is 2.80. The molecule has 1 nitrogen and oxygen atoms in total. The first kappa shape index (κ1) is 10.1. The van der Waals surface area contributed by atoms with Crippen molar-refractivity contribution in [1.82, 2.24) is 0 Å². The van der Waals surface area contributed by atoms with Crippen LogP contribution in [0.3, 0.4) is 0 Å². The number of halogens is 1. The fraction of sp³-hybridized carbons (Fsp3) is 0.273. The van der Waals surface area contributed by atoms with E-state index >= 15 is 0 Å². The minimum Gasteiger partial charge on any atom is -0.496 e. The highest BCUT2D eigenvalue weighted by Gasteiger charge is 2.05. The summed E-state index contributed by atoms with van der Waals surface area (Å²) < 4.78 is 5.15. The third-order valence-corrected chi connectivity index (χ3v) is 2.43. The molecule has 0 heterocycles. The van der Waals surface area contributed by atoms with Gasteiger partial charge in [0, 0.05) is 5.56 Å². The molecule has 1 aromatic rings. The number of hydrogen-bond acceptors (Lipinski definition) is 1. The first-order valence-electron chi connectivity index (χ1n) is 4.16. The molecule has 0 saturated carbocycles. The highest BCUT2D eigenvalue weighted by atomic mass is 35.5. The van der Waals surface area contributed by atoms with Gasteiger partial charge in [0.2, 0.25) is 0 Å². The molecule has 0 amide bonds. The molecule has 0 aliphatic rings. The number of benzene rings is 1. The summed E-state index contributed by atoms with van der Waals surface area (Å²) in [5.74, 6) is 0.832. The van der Waals surface area contributed by atoms with Crippen LogP contribution >= 0.6 is 11.6 Å². The van der Waals surface area contributed by atoms with Gasteiger partial charge in [0.25, 0.3) is 0 Å². The molecule has 0 aliphatic heterocycles. The molecule has 0 radical (unpaired) electrons. The summed E-state index contributed by atoms with van der Waals surface area (Å²) in [6.45, 7) is 3.92. The molecule has 0 unspecified atom stereocenters. The van der Waals surface area contributed by atoms with E-state index in [-0.39, 0.29) is 0 Å². The van der Waals surface area contributed by atoms with Crippen molar-refractivity contribution in [3.05, 3.63) is 34.4 Å². The molecule has 0 aromatic heterocycles. The number of hydrogen-bond donors (Lipinski definition) is 0. The first-order chi connectivity index (χ1) is 6.20. The molecule has 0 fully saturated rings. The normalized spacial score (nSPS) is 10.8. The molecule has 2 heteroatoms. The van der Waals surface area contributed by atoms with Crippen LogP contribution in [0, 0.1) is 6.92 Å². The van der Waals surface area contributed by atoms with Gasteiger partial charge in [0.15, 0.2) is 0 Å². The molecular formula is C11H13ClO. The zero-order chi connectivity index (χ0) is 9.84. The summed E-state index contributed by atoms with van der Waals surface area (Å²) in [7, 11) is 1.65. The van der Waals surface area contributed by atoms with E-state index in [2.05, 4.69) is 0 Å². The Morgan fingerprint density at radius 1 is 1.38 bits per heavy atom. The van der Waals surface area contributed by atoms with Gasteiger partial charge in [0.05, 0.1) is 12.1 Å². The highest BCUT2D eigenvalue weighted by Crippen LogP contribution is 2.29. The molecule has 1 rings (SSSR count).